The lowest BCUT2D eigenvalue weighted by molar-refractivity contribution is 0.103. The molecular weight excluding hydrogens is 362 g/mol. The molecule has 142 valence electrons. The Morgan fingerprint density at radius 3 is 1.90 bits per heavy atom. The third-order valence-electron chi connectivity index (χ3n) is 4.93. The number of rotatable bonds is 4. The molecule has 0 saturated carbocycles. The van der Waals surface area contributed by atoms with Crippen molar-refractivity contribution in [2.75, 3.05) is 0 Å². The van der Waals surface area contributed by atoms with Gasteiger partial charge in [-0.05, 0) is 24.6 Å². The zero-order valence-corrected chi connectivity index (χ0v) is 15.9. The van der Waals surface area contributed by atoms with Crippen molar-refractivity contribution in [2.24, 2.45) is 0 Å². The van der Waals surface area contributed by atoms with E-state index in [2.05, 4.69) is 0 Å². The third-order valence-corrected chi connectivity index (χ3v) is 4.93. The number of nitrogens with zero attached hydrogens (tertiary/aromatic N) is 1. The number of pyridine rings is 1. The van der Waals surface area contributed by atoms with Gasteiger partial charge in [0.2, 0.25) is 0 Å². The Hall–Kier alpha value is -3.92. The van der Waals surface area contributed by atoms with Crippen LogP contribution in [0.1, 0.15) is 21.6 Å². The van der Waals surface area contributed by atoms with Crippen molar-refractivity contribution in [2.45, 2.75) is 6.92 Å². The number of hydrogen-bond donors (Lipinski definition) is 1. The predicted octanol–water partition coefficient (Wildman–Crippen LogP) is 4.75. The summed E-state index contributed by atoms with van der Waals surface area (Å²) in [6, 6.07) is 26.8. The zero-order chi connectivity index (χ0) is 20.4. The number of hydrogen-bond acceptors (Lipinski definition) is 3. The van der Waals surface area contributed by atoms with Gasteiger partial charge in [0, 0.05) is 16.9 Å². The maximum absolute atomic E-state index is 13.4. The molecule has 0 spiro atoms. The van der Waals surface area contributed by atoms with Crippen molar-refractivity contribution in [1.82, 2.24) is 4.57 Å². The molecule has 1 aromatic heterocycles. The second-order valence-corrected chi connectivity index (χ2v) is 6.72. The first-order chi connectivity index (χ1) is 14.1. The number of aromatic hydroxyl groups is 1. The van der Waals surface area contributed by atoms with Gasteiger partial charge in [0.05, 0.1) is 11.1 Å². The Bertz CT molecular complexity index is 1160. The van der Waals surface area contributed by atoms with Crippen LogP contribution in [0.5, 0.6) is 5.75 Å². The SMILES string of the molecule is Cc1c(C(=O)c2ccccc2)c(O)c(-c2ccccc2)c(=O)n1-c1ccccc1. The first kappa shape index (κ1) is 18.4. The van der Waals surface area contributed by atoms with Gasteiger partial charge in [-0.15, -0.1) is 0 Å². The first-order valence-corrected chi connectivity index (χ1v) is 9.28. The largest absolute Gasteiger partial charge is 0.506 e. The number of carbonyl (C=O) groups is 1. The van der Waals surface area contributed by atoms with E-state index in [-0.39, 0.29) is 28.2 Å². The highest BCUT2D eigenvalue weighted by Crippen LogP contribution is 2.33. The lowest BCUT2D eigenvalue weighted by Crippen LogP contribution is -2.25. The van der Waals surface area contributed by atoms with Gasteiger partial charge in [-0.2, -0.15) is 0 Å². The zero-order valence-electron chi connectivity index (χ0n) is 15.9. The molecule has 4 heteroatoms. The summed E-state index contributed by atoms with van der Waals surface area (Å²) in [6.07, 6.45) is 0. The van der Waals surface area contributed by atoms with Gasteiger partial charge in [0.1, 0.15) is 5.75 Å². The average Bonchev–Trinajstić information content (AvgIpc) is 2.76. The standard InChI is InChI=1S/C25H19NO3/c1-17-21(23(27)19-13-7-3-8-14-19)24(28)22(18-11-5-2-6-12-18)25(29)26(17)20-15-9-4-10-16-20/h2-16,28H,1H3. The molecule has 0 saturated heterocycles. The Balaban J connectivity index is 2.08. The number of benzene rings is 3. The highest BCUT2D eigenvalue weighted by Gasteiger charge is 2.26. The van der Waals surface area contributed by atoms with Crippen LogP contribution in [0.3, 0.4) is 0 Å². The minimum absolute atomic E-state index is 0.110. The van der Waals surface area contributed by atoms with Gasteiger partial charge < -0.3 is 5.11 Å². The lowest BCUT2D eigenvalue weighted by Gasteiger charge is -2.18. The van der Waals surface area contributed by atoms with E-state index in [1.54, 1.807) is 67.6 Å². The Labute approximate surface area is 168 Å². The molecule has 4 rings (SSSR count). The van der Waals surface area contributed by atoms with Gasteiger partial charge in [-0.25, -0.2) is 0 Å². The maximum Gasteiger partial charge on any atom is 0.266 e. The molecule has 4 nitrogen and oxygen atoms in total. The van der Waals surface area contributed by atoms with Crippen LogP contribution in [0.15, 0.2) is 95.8 Å². The van der Waals surface area contributed by atoms with Crippen LogP contribution in [0.25, 0.3) is 16.8 Å². The van der Waals surface area contributed by atoms with E-state index in [0.717, 1.165) is 0 Å². The van der Waals surface area contributed by atoms with Gasteiger partial charge in [0.15, 0.2) is 5.78 Å². The molecule has 0 aliphatic heterocycles. The molecular formula is C25H19NO3. The van der Waals surface area contributed by atoms with Crippen molar-refractivity contribution in [3.05, 3.63) is 118 Å². The third kappa shape index (κ3) is 3.25. The van der Waals surface area contributed by atoms with E-state index >= 15 is 0 Å². The van der Waals surface area contributed by atoms with Crippen molar-refractivity contribution in [3.8, 4) is 22.6 Å². The van der Waals surface area contributed by atoms with Crippen LogP contribution in [-0.4, -0.2) is 15.5 Å². The number of carbonyl (C=O) groups excluding carboxylic acids is 1. The molecule has 1 N–H and O–H groups in total. The van der Waals surface area contributed by atoms with Crippen LogP contribution in [-0.2, 0) is 0 Å². The van der Waals surface area contributed by atoms with E-state index in [9.17, 15) is 14.7 Å². The topological polar surface area (TPSA) is 59.3 Å². The Morgan fingerprint density at radius 1 is 0.793 bits per heavy atom. The monoisotopic (exact) mass is 381 g/mol. The summed E-state index contributed by atoms with van der Waals surface area (Å²) in [4.78, 5) is 26.7. The van der Waals surface area contributed by atoms with Gasteiger partial charge in [-0.1, -0.05) is 78.9 Å². The summed E-state index contributed by atoms with van der Waals surface area (Å²) in [5.41, 5.74) is 1.89. The Kier molecular flexibility index (Phi) is 4.83. The fourth-order valence-corrected chi connectivity index (χ4v) is 3.53. The van der Waals surface area contributed by atoms with Crippen LogP contribution < -0.4 is 5.56 Å². The van der Waals surface area contributed by atoms with Crippen molar-refractivity contribution in [3.63, 3.8) is 0 Å². The molecule has 4 aromatic rings. The van der Waals surface area contributed by atoms with E-state index < -0.39 is 0 Å². The molecule has 0 fully saturated rings. The molecule has 29 heavy (non-hydrogen) atoms. The number of aromatic nitrogens is 1. The summed E-state index contributed by atoms with van der Waals surface area (Å²) < 4.78 is 1.48. The van der Waals surface area contributed by atoms with Crippen molar-refractivity contribution < 1.29 is 9.90 Å². The molecule has 0 aliphatic rings. The van der Waals surface area contributed by atoms with Gasteiger partial charge in [0.25, 0.3) is 5.56 Å². The van der Waals surface area contributed by atoms with Crippen molar-refractivity contribution >= 4 is 5.78 Å². The summed E-state index contributed by atoms with van der Waals surface area (Å²) in [5.74, 6) is -0.623. The smallest absolute Gasteiger partial charge is 0.266 e. The second kappa shape index (κ2) is 7.60. The quantitative estimate of drug-likeness (QED) is 0.519. The minimum Gasteiger partial charge on any atom is -0.506 e. The molecule has 0 amide bonds. The van der Waals surface area contributed by atoms with Crippen LogP contribution in [0.4, 0.5) is 0 Å². The van der Waals surface area contributed by atoms with Crippen LogP contribution in [0.2, 0.25) is 0 Å². The van der Waals surface area contributed by atoms with E-state index in [4.69, 9.17) is 0 Å². The van der Waals surface area contributed by atoms with Crippen LogP contribution >= 0.6 is 0 Å². The summed E-state index contributed by atoms with van der Waals surface area (Å²) >= 11 is 0. The predicted molar refractivity (Wildman–Crippen MR) is 114 cm³/mol. The normalized spacial score (nSPS) is 10.7. The highest BCUT2D eigenvalue weighted by atomic mass is 16.3. The molecule has 0 radical (unpaired) electrons. The van der Waals surface area contributed by atoms with Crippen LogP contribution in [0, 0.1) is 6.92 Å². The molecule has 0 atom stereocenters. The molecule has 0 aliphatic carbocycles. The molecule has 3 aromatic carbocycles. The number of ketones is 1. The van der Waals surface area contributed by atoms with E-state index in [1.165, 1.54) is 4.57 Å². The Morgan fingerprint density at radius 2 is 1.31 bits per heavy atom. The van der Waals surface area contributed by atoms with Crippen molar-refractivity contribution in [1.29, 1.82) is 0 Å². The second-order valence-electron chi connectivity index (χ2n) is 6.72. The average molecular weight is 381 g/mol. The van der Waals surface area contributed by atoms with E-state index in [0.29, 0.717) is 22.5 Å². The first-order valence-electron chi connectivity index (χ1n) is 9.28. The lowest BCUT2D eigenvalue weighted by atomic mass is 9.96. The number of para-hydroxylation sites is 1. The van der Waals surface area contributed by atoms with Gasteiger partial charge >= 0.3 is 0 Å². The summed E-state index contributed by atoms with van der Waals surface area (Å²) in [7, 11) is 0. The molecule has 0 bridgehead atoms. The van der Waals surface area contributed by atoms with E-state index in [1.807, 2.05) is 30.3 Å². The molecule has 0 unspecified atom stereocenters. The highest BCUT2D eigenvalue weighted by molar-refractivity contribution is 6.12. The maximum atomic E-state index is 13.4. The minimum atomic E-state index is -0.373. The fraction of sp³-hybridized carbons (Fsp3) is 0.0400. The summed E-state index contributed by atoms with van der Waals surface area (Å²) in [5, 5.41) is 11.1. The summed E-state index contributed by atoms with van der Waals surface area (Å²) in [6.45, 7) is 1.68. The van der Waals surface area contributed by atoms with Gasteiger partial charge in [-0.3, -0.25) is 14.2 Å². The molecule has 1 heterocycles. The fourth-order valence-electron chi connectivity index (χ4n) is 3.53.